The van der Waals surface area contributed by atoms with Gasteiger partial charge in [-0.15, -0.1) is 13.2 Å². The fraction of sp³-hybridized carbons (Fsp3) is 0.467. The Labute approximate surface area is 148 Å². The van der Waals surface area contributed by atoms with Crippen molar-refractivity contribution in [3.05, 3.63) is 24.3 Å². The third-order valence-corrected chi connectivity index (χ3v) is 4.00. The van der Waals surface area contributed by atoms with Gasteiger partial charge in [0.05, 0.1) is 6.54 Å². The third-order valence-electron chi connectivity index (χ3n) is 3.64. The van der Waals surface area contributed by atoms with Crippen LogP contribution in [0.1, 0.15) is 0 Å². The molecule has 0 saturated carbocycles. The predicted molar refractivity (Wildman–Crippen MR) is 91.4 cm³/mol. The van der Waals surface area contributed by atoms with Crippen molar-refractivity contribution in [3.8, 4) is 5.75 Å². The van der Waals surface area contributed by atoms with Gasteiger partial charge in [-0.2, -0.15) is 0 Å². The zero-order chi connectivity index (χ0) is 18.4. The molecule has 1 aromatic carbocycles. The summed E-state index contributed by atoms with van der Waals surface area (Å²) >= 11 is 5.33. The summed E-state index contributed by atoms with van der Waals surface area (Å²) in [4.78, 5) is 15.3. The van der Waals surface area contributed by atoms with E-state index in [0.29, 0.717) is 43.5 Å². The largest absolute Gasteiger partial charge is 0.573 e. The number of nitrogens with zero attached hydrogens (tertiary/aromatic N) is 2. The zero-order valence-electron chi connectivity index (χ0n) is 13.6. The SMILES string of the molecule is CNC(=O)CN1CCN(C(=S)Nc2ccc(OC(F)(F)F)cc2)CC1. The van der Waals surface area contributed by atoms with Crippen LogP contribution in [0.2, 0.25) is 0 Å². The molecule has 0 aromatic heterocycles. The van der Waals surface area contributed by atoms with Gasteiger partial charge < -0.3 is 20.3 Å². The average Bonchev–Trinajstić information content (AvgIpc) is 2.56. The van der Waals surface area contributed by atoms with Gasteiger partial charge in [0.15, 0.2) is 5.11 Å². The number of carbonyl (C=O) groups is 1. The maximum absolute atomic E-state index is 12.1. The summed E-state index contributed by atoms with van der Waals surface area (Å²) in [6.45, 7) is 3.09. The second-order valence-corrected chi connectivity index (χ2v) is 5.83. The Kier molecular flexibility index (Phi) is 6.43. The number of halogens is 3. The molecule has 1 aliphatic heterocycles. The van der Waals surface area contributed by atoms with Crippen LogP contribution in [-0.2, 0) is 4.79 Å². The summed E-state index contributed by atoms with van der Waals surface area (Å²) < 4.78 is 40.2. The summed E-state index contributed by atoms with van der Waals surface area (Å²) in [7, 11) is 1.60. The van der Waals surface area contributed by atoms with E-state index in [2.05, 4.69) is 15.4 Å². The van der Waals surface area contributed by atoms with Crippen molar-refractivity contribution in [2.45, 2.75) is 6.36 Å². The van der Waals surface area contributed by atoms with Gasteiger partial charge in [0.2, 0.25) is 5.91 Å². The van der Waals surface area contributed by atoms with Gasteiger partial charge in [-0.3, -0.25) is 9.69 Å². The van der Waals surface area contributed by atoms with Crippen LogP contribution in [0, 0.1) is 0 Å². The summed E-state index contributed by atoms with van der Waals surface area (Å²) in [6, 6.07) is 5.38. The van der Waals surface area contributed by atoms with Crippen molar-refractivity contribution in [1.29, 1.82) is 0 Å². The Balaban J connectivity index is 1.81. The minimum absolute atomic E-state index is 0.0321. The molecule has 0 bridgehead atoms. The van der Waals surface area contributed by atoms with Gasteiger partial charge in [-0.05, 0) is 36.5 Å². The highest BCUT2D eigenvalue weighted by Gasteiger charge is 2.31. The first-order chi connectivity index (χ1) is 11.8. The molecular weight excluding hydrogens is 357 g/mol. The molecule has 2 N–H and O–H groups in total. The lowest BCUT2D eigenvalue weighted by Crippen LogP contribution is -2.51. The number of anilines is 1. The van der Waals surface area contributed by atoms with Crippen LogP contribution in [-0.4, -0.2) is 67.0 Å². The Bertz CT molecular complexity index is 602. The molecule has 1 amide bonds. The van der Waals surface area contributed by atoms with Gasteiger partial charge in [-0.1, -0.05) is 0 Å². The molecule has 0 radical (unpaired) electrons. The summed E-state index contributed by atoms with van der Waals surface area (Å²) in [5, 5.41) is 6.07. The normalized spacial score (nSPS) is 15.6. The molecule has 1 saturated heterocycles. The molecule has 2 rings (SSSR count). The molecule has 0 spiro atoms. The lowest BCUT2D eigenvalue weighted by atomic mass is 10.3. The number of thiocarbonyl (C=S) groups is 1. The number of piperazine rings is 1. The quantitative estimate of drug-likeness (QED) is 0.780. The van der Waals surface area contributed by atoms with Crippen molar-refractivity contribution in [1.82, 2.24) is 15.1 Å². The minimum Gasteiger partial charge on any atom is -0.406 e. The number of alkyl halides is 3. The highest BCUT2D eigenvalue weighted by molar-refractivity contribution is 7.80. The molecule has 10 heteroatoms. The van der Waals surface area contributed by atoms with Crippen LogP contribution in [0.3, 0.4) is 0 Å². The molecule has 1 aromatic rings. The average molecular weight is 376 g/mol. The maximum Gasteiger partial charge on any atom is 0.573 e. The fourth-order valence-electron chi connectivity index (χ4n) is 2.33. The van der Waals surface area contributed by atoms with Crippen LogP contribution in [0.25, 0.3) is 0 Å². The van der Waals surface area contributed by atoms with Crippen molar-refractivity contribution in [2.24, 2.45) is 0 Å². The van der Waals surface area contributed by atoms with Crippen molar-refractivity contribution in [3.63, 3.8) is 0 Å². The molecule has 6 nitrogen and oxygen atoms in total. The standard InChI is InChI=1S/C15H19F3N4O2S/c1-19-13(23)10-21-6-8-22(9-7-21)14(25)20-11-2-4-12(5-3-11)24-15(16,17)18/h2-5H,6-10H2,1H3,(H,19,23)(H,20,25). The number of benzene rings is 1. The van der Waals surface area contributed by atoms with E-state index in [1.54, 1.807) is 7.05 Å². The number of nitrogens with one attached hydrogen (secondary N) is 2. The number of amides is 1. The summed E-state index contributed by atoms with van der Waals surface area (Å²) in [5.41, 5.74) is 0.576. The van der Waals surface area contributed by atoms with Gasteiger partial charge in [-0.25, -0.2) is 0 Å². The second-order valence-electron chi connectivity index (χ2n) is 5.44. The van der Waals surface area contributed by atoms with Crippen LogP contribution >= 0.6 is 12.2 Å². The molecule has 0 unspecified atom stereocenters. The zero-order valence-corrected chi connectivity index (χ0v) is 14.4. The number of carbonyl (C=O) groups excluding carboxylic acids is 1. The fourth-order valence-corrected chi connectivity index (χ4v) is 2.63. The van der Waals surface area contributed by atoms with Crippen LogP contribution in [0.4, 0.5) is 18.9 Å². The van der Waals surface area contributed by atoms with E-state index in [-0.39, 0.29) is 11.7 Å². The van der Waals surface area contributed by atoms with Gasteiger partial charge in [0, 0.05) is 38.9 Å². The number of likely N-dealkylation sites (N-methyl/N-ethyl adjacent to an activating group) is 1. The van der Waals surface area contributed by atoms with E-state index >= 15 is 0 Å². The first-order valence-corrected chi connectivity index (χ1v) is 8.02. The minimum atomic E-state index is -4.71. The Morgan fingerprint density at radius 3 is 2.32 bits per heavy atom. The third kappa shape index (κ3) is 6.39. The highest BCUT2D eigenvalue weighted by Crippen LogP contribution is 2.24. The molecule has 138 valence electrons. The van der Waals surface area contributed by atoms with Crippen molar-refractivity contribution in [2.75, 3.05) is 45.1 Å². The van der Waals surface area contributed by atoms with E-state index in [4.69, 9.17) is 12.2 Å². The second kappa shape index (κ2) is 8.34. The van der Waals surface area contributed by atoms with Gasteiger partial charge in [0.25, 0.3) is 0 Å². The molecule has 25 heavy (non-hydrogen) atoms. The number of hydrogen-bond acceptors (Lipinski definition) is 4. The lowest BCUT2D eigenvalue weighted by Gasteiger charge is -2.35. The predicted octanol–water partition coefficient (Wildman–Crippen LogP) is 1.65. The Morgan fingerprint density at radius 2 is 1.80 bits per heavy atom. The lowest BCUT2D eigenvalue weighted by molar-refractivity contribution is -0.274. The Morgan fingerprint density at radius 1 is 1.20 bits per heavy atom. The van der Waals surface area contributed by atoms with E-state index < -0.39 is 6.36 Å². The number of ether oxygens (including phenoxy) is 1. The van der Waals surface area contributed by atoms with Gasteiger partial charge in [0.1, 0.15) is 5.75 Å². The van der Waals surface area contributed by atoms with E-state index in [0.717, 1.165) is 0 Å². The smallest absolute Gasteiger partial charge is 0.406 e. The van der Waals surface area contributed by atoms with E-state index in [9.17, 15) is 18.0 Å². The summed E-state index contributed by atoms with van der Waals surface area (Å²) in [6.07, 6.45) is -4.71. The van der Waals surface area contributed by atoms with E-state index in [1.165, 1.54) is 24.3 Å². The first-order valence-electron chi connectivity index (χ1n) is 7.61. The van der Waals surface area contributed by atoms with Crippen LogP contribution in [0.15, 0.2) is 24.3 Å². The van der Waals surface area contributed by atoms with Crippen LogP contribution in [0.5, 0.6) is 5.75 Å². The van der Waals surface area contributed by atoms with Crippen molar-refractivity contribution < 1.29 is 22.7 Å². The number of hydrogen-bond donors (Lipinski definition) is 2. The number of rotatable bonds is 4. The molecular formula is C15H19F3N4O2S. The molecule has 0 aliphatic carbocycles. The van der Waals surface area contributed by atoms with Crippen molar-refractivity contribution >= 4 is 28.9 Å². The van der Waals surface area contributed by atoms with Gasteiger partial charge >= 0.3 is 6.36 Å². The molecule has 1 heterocycles. The maximum atomic E-state index is 12.1. The topological polar surface area (TPSA) is 56.8 Å². The summed E-state index contributed by atoms with van der Waals surface area (Å²) in [5.74, 6) is -0.317. The first kappa shape index (κ1) is 19.3. The van der Waals surface area contributed by atoms with Crippen LogP contribution < -0.4 is 15.4 Å². The molecule has 1 aliphatic rings. The highest BCUT2D eigenvalue weighted by atomic mass is 32.1. The molecule has 1 fully saturated rings. The van der Waals surface area contributed by atoms with E-state index in [1.807, 2.05) is 9.80 Å². The monoisotopic (exact) mass is 376 g/mol. The Hall–Kier alpha value is -2.07. The molecule has 0 atom stereocenters.